The molecule has 0 saturated carbocycles. The van der Waals surface area contributed by atoms with E-state index in [1.54, 1.807) is 18.3 Å². The second-order valence-electron chi connectivity index (χ2n) is 9.41. The maximum atomic E-state index is 11.5. The monoisotopic (exact) mass is 555 g/mol. The van der Waals surface area contributed by atoms with E-state index in [-0.39, 0.29) is 12.6 Å². The summed E-state index contributed by atoms with van der Waals surface area (Å²) in [5.41, 5.74) is 9.08. The Balaban J connectivity index is 0.000000280. The number of carbonyl (C=O) groups is 1. The summed E-state index contributed by atoms with van der Waals surface area (Å²) >= 11 is 1.75. The molecule has 1 aliphatic carbocycles. The van der Waals surface area contributed by atoms with E-state index in [4.69, 9.17) is 14.5 Å². The Morgan fingerprint density at radius 2 is 1.77 bits per heavy atom. The number of ether oxygens (including phenoxy) is 2. The number of aliphatic imine (C=N–C) groups is 1. The lowest BCUT2D eigenvalue weighted by atomic mass is 9.99. The Bertz CT molecular complexity index is 1500. The Morgan fingerprint density at radius 1 is 1.05 bits per heavy atom. The van der Waals surface area contributed by atoms with Crippen molar-refractivity contribution in [1.82, 2.24) is 10.3 Å². The highest BCUT2D eigenvalue weighted by Gasteiger charge is 2.20. The van der Waals surface area contributed by atoms with Gasteiger partial charge in [-0.2, -0.15) is 0 Å². The summed E-state index contributed by atoms with van der Waals surface area (Å²) in [6.07, 6.45) is 16.3. The number of hydrogen-bond acceptors (Lipinski definition) is 7. The fourth-order valence-corrected chi connectivity index (χ4v) is 5.28. The topological polar surface area (TPSA) is 72.8 Å². The average Bonchev–Trinajstić information content (AvgIpc) is 3.22. The van der Waals surface area contributed by atoms with Crippen LogP contribution in [0.2, 0.25) is 0 Å². The van der Waals surface area contributed by atoms with E-state index in [1.165, 1.54) is 21.5 Å². The smallest absolute Gasteiger partial charge is 0.344 e. The normalized spacial score (nSPS) is 13.5. The fourth-order valence-electron chi connectivity index (χ4n) is 4.48. The third-order valence-electron chi connectivity index (χ3n) is 6.22. The molecule has 2 aliphatic rings. The summed E-state index contributed by atoms with van der Waals surface area (Å²) in [4.78, 5) is 20.7. The number of aryl methyl sites for hydroxylation is 4. The molecule has 1 aliphatic heterocycles. The van der Waals surface area contributed by atoms with E-state index in [9.17, 15) is 4.79 Å². The zero-order valence-corrected chi connectivity index (χ0v) is 24.9. The van der Waals surface area contributed by atoms with Crippen LogP contribution in [0, 0.1) is 40.5 Å². The maximum absolute atomic E-state index is 11.5. The zero-order valence-electron chi connectivity index (χ0n) is 24.1. The molecule has 0 saturated heterocycles. The number of carbonyl (C=O) groups excluding carboxylic acids is 1. The highest BCUT2D eigenvalue weighted by molar-refractivity contribution is 7.18. The molecule has 3 aromatic rings. The molecular weight excluding hydrogens is 518 g/mol. The molecule has 0 spiro atoms. The van der Waals surface area contributed by atoms with Gasteiger partial charge < -0.3 is 14.8 Å². The highest BCUT2D eigenvalue weighted by Crippen LogP contribution is 2.28. The van der Waals surface area contributed by atoms with Gasteiger partial charge in [-0.1, -0.05) is 19.1 Å². The van der Waals surface area contributed by atoms with Gasteiger partial charge in [0.15, 0.2) is 6.61 Å². The van der Waals surface area contributed by atoms with Gasteiger partial charge in [-0.15, -0.1) is 24.2 Å². The molecule has 2 aromatic carbocycles. The van der Waals surface area contributed by atoms with Crippen LogP contribution in [0.5, 0.6) is 5.75 Å². The lowest BCUT2D eigenvalue weighted by Gasteiger charge is -2.22. The van der Waals surface area contributed by atoms with Gasteiger partial charge in [0.2, 0.25) is 0 Å². The number of benzene rings is 2. The average molecular weight is 556 g/mol. The number of amidine groups is 1. The number of nitrogens with one attached hydrogen (secondary N) is 1. The molecule has 0 unspecified atom stereocenters. The van der Waals surface area contributed by atoms with Crippen LogP contribution in [-0.2, 0) is 9.53 Å². The summed E-state index contributed by atoms with van der Waals surface area (Å²) < 4.78 is 11.8. The minimum atomic E-state index is -0.364. The quantitative estimate of drug-likeness (QED) is 0.256. The number of allylic oxidation sites excluding steroid dienone is 4. The van der Waals surface area contributed by atoms with Crippen molar-refractivity contribution in [2.24, 2.45) is 4.99 Å². The van der Waals surface area contributed by atoms with Gasteiger partial charge >= 0.3 is 5.97 Å². The van der Waals surface area contributed by atoms with E-state index < -0.39 is 0 Å². The lowest BCUT2D eigenvalue weighted by molar-refractivity contribution is -0.145. The second-order valence-corrected chi connectivity index (χ2v) is 10.6. The molecule has 2 heterocycles. The van der Waals surface area contributed by atoms with Gasteiger partial charge in [-0.05, 0) is 99.7 Å². The van der Waals surface area contributed by atoms with Crippen molar-refractivity contribution in [1.29, 1.82) is 0 Å². The van der Waals surface area contributed by atoms with Gasteiger partial charge in [0.05, 0.1) is 21.8 Å². The molecule has 208 valence electrons. The summed E-state index contributed by atoms with van der Waals surface area (Å²) in [7, 11) is 0. The van der Waals surface area contributed by atoms with Gasteiger partial charge in [-0.3, -0.25) is 0 Å². The van der Waals surface area contributed by atoms with Crippen molar-refractivity contribution in [2.45, 2.75) is 54.4 Å². The van der Waals surface area contributed by atoms with Crippen LogP contribution < -0.4 is 10.1 Å². The Morgan fingerprint density at radius 3 is 2.45 bits per heavy atom. The molecule has 40 heavy (non-hydrogen) atoms. The summed E-state index contributed by atoms with van der Waals surface area (Å²) in [6, 6.07) is 10.2. The number of hydrogen-bond donors (Lipinski definition) is 1. The second kappa shape index (κ2) is 14.3. The minimum absolute atomic E-state index is 0.0868. The number of fused-ring (bicyclic) bond motifs is 3. The van der Waals surface area contributed by atoms with E-state index in [2.05, 4.69) is 73.4 Å². The molecule has 0 atom stereocenters. The molecule has 5 rings (SSSR count). The van der Waals surface area contributed by atoms with Gasteiger partial charge in [0.25, 0.3) is 0 Å². The molecule has 6 nitrogen and oxygen atoms in total. The summed E-state index contributed by atoms with van der Waals surface area (Å²) in [5, 5.41) is 4.63. The first kappa shape index (κ1) is 30.4. The Kier molecular flexibility index (Phi) is 10.9. The molecular formula is C33H37N3O3S. The Labute approximate surface area is 241 Å². The number of aromatic nitrogens is 1. The highest BCUT2D eigenvalue weighted by atomic mass is 32.1. The van der Waals surface area contributed by atoms with Crippen LogP contribution in [0.3, 0.4) is 0 Å². The van der Waals surface area contributed by atoms with E-state index >= 15 is 0 Å². The molecule has 1 aromatic heterocycles. The van der Waals surface area contributed by atoms with E-state index in [0.717, 1.165) is 51.6 Å². The zero-order chi connectivity index (χ0) is 29.2. The lowest BCUT2D eigenvalue weighted by Crippen LogP contribution is -2.29. The van der Waals surface area contributed by atoms with Crippen LogP contribution in [0.1, 0.15) is 54.0 Å². The predicted molar refractivity (Wildman–Crippen MR) is 166 cm³/mol. The van der Waals surface area contributed by atoms with Crippen molar-refractivity contribution in [3.63, 3.8) is 0 Å². The van der Waals surface area contributed by atoms with Crippen LogP contribution in [0.4, 0.5) is 0 Å². The van der Waals surface area contributed by atoms with Gasteiger partial charge in [0, 0.05) is 23.4 Å². The molecule has 7 heteroatoms. The van der Waals surface area contributed by atoms with Crippen LogP contribution in [-0.4, -0.2) is 30.0 Å². The number of nitrogens with zero attached hydrogens (tertiary/aromatic N) is 2. The van der Waals surface area contributed by atoms with Gasteiger partial charge in [0.1, 0.15) is 11.6 Å². The number of terminal acetylenes is 1. The standard InChI is InChI=1S/C22H26N2O3.C9H9NS.C2H2/c1-5-16-7-8-17-12-18(11-16)24-22(23-17)21-14(3)9-19(10-15(21)4)27-13-20(25)26-6-2;1-6-3-4-9-8(5-6)10-7(2)11-9;1-2/h7-11H,5-6,12-13H2,1-4H3,(H,23,24);3-5H,1-2H3;1-2H. The molecule has 0 amide bonds. The van der Waals surface area contributed by atoms with Crippen LogP contribution in [0.25, 0.3) is 10.2 Å². The number of thiazole rings is 1. The van der Waals surface area contributed by atoms with Crippen molar-refractivity contribution in [2.75, 3.05) is 13.2 Å². The van der Waals surface area contributed by atoms with Crippen molar-refractivity contribution in [3.8, 4) is 18.6 Å². The van der Waals surface area contributed by atoms with Crippen LogP contribution in [0.15, 0.2) is 70.5 Å². The Hall–Kier alpha value is -4.15. The molecule has 2 bridgehead atoms. The van der Waals surface area contributed by atoms with Crippen molar-refractivity contribution in [3.05, 3.63) is 92.8 Å². The number of rotatable bonds is 6. The van der Waals surface area contributed by atoms with E-state index in [1.807, 2.05) is 32.9 Å². The van der Waals surface area contributed by atoms with Crippen molar-refractivity contribution < 1.29 is 14.3 Å². The SMILES string of the molecule is C#C.CCOC(=O)COc1cc(C)c(C2=NC3=CC=C(CC)C=C(C3)N2)c(C)c1.Cc1ccc2sc(C)nc2c1. The molecule has 1 N–H and O–H groups in total. The summed E-state index contributed by atoms with van der Waals surface area (Å²) in [5.74, 6) is 1.15. The van der Waals surface area contributed by atoms with Crippen molar-refractivity contribution >= 4 is 33.4 Å². The number of esters is 1. The minimum Gasteiger partial charge on any atom is -0.482 e. The van der Waals surface area contributed by atoms with E-state index in [0.29, 0.717) is 12.4 Å². The summed E-state index contributed by atoms with van der Waals surface area (Å²) in [6.45, 7) is 12.4. The third-order valence-corrected chi connectivity index (χ3v) is 7.17. The first-order chi connectivity index (χ1) is 19.2. The molecule has 0 fully saturated rings. The third kappa shape index (κ3) is 7.93. The maximum Gasteiger partial charge on any atom is 0.344 e. The first-order valence-electron chi connectivity index (χ1n) is 13.3. The van der Waals surface area contributed by atoms with Crippen LogP contribution >= 0.6 is 11.3 Å². The predicted octanol–water partition coefficient (Wildman–Crippen LogP) is 7.27. The van der Waals surface area contributed by atoms with Gasteiger partial charge in [-0.25, -0.2) is 14.8 Å². The first-order valence-corrected chi connectivity index (χ1v) is 14.1. The molecule has 0 radical (unpaired) electrons. The fraction of sp³-hybridized carbons (Fsp3) is 0.303. The largest absolute Gasteiger partial charge is 0.482 e.